The number of H-pyrrole nitrogens is 1. The Bertz CT molecular complexity index is 1090. The lowest BCUT2D eigenvalue weighted by Gasteiger charge is -2.17. The number of aromatic amines is 1. The van der Waals surface area contributed by atoms with Gasteiger partial charge in [-0.05, 0) is 35.9 Å². The van der Waals surface area contributed by atoms with Crippen LogP contribution in [0.25, 0.3) is 5.69 Å². The van der Waals surface area contributed by atoms with Gasteiger partial charge in [0.15, 0.2) is 0 Å². The van der Waals surface area contributed by atoms with Crippen LogP contribution in [0, 0.1) is 5.82 Å². The van der Waals surface area contributed by atoms with Crippen LogP contribution in [-0.4, -0.2) is 26.8 Å². The maximum absolute atomic E-state index is 13.4. The second-order valence-electron chi connectivity index (χ2n) is 6.00. The summed E-state index contributed by atoms with van der Waals surface area (Å²) in [7, 11) is 0. The zero-order valence-corrected chi connectivity index (χ0v) is 15.1. The van der Waals surface area contributed by atoms with Gasteiger partial charge in [0.25, 0.3) is 11.5 Å². The number of halogens is 2. The first-order chi connectivity index (χ1) is 13.3. The van der Waals surface area contributed by atoms with Crippen LogP contribution in [0.4, 0.5) is 4.39 Å². The van der Waals surface area contributed by atoms with E-state index >= 15 is 0 Å². The second-order valence-corrected chi connectivity index (χ2v) is 6.44. The number of amides is 1. The largest absolute Gasteiger partial charge is 0.481 e. The third-order valence-electron chi connectivity index (χ3n) is 3.97. The van der Waals surface area contributed by atoms with Crippen molar-refractivity contribution in [1.82, 2.24) is 15.1 Å². The zero-order chi connectivity index (χ0) is 20.3. The summed E-state index contributed by atoms with van der Waals surface area (Å²) < 4.78 is 14.4. The van der Waals surface area contributed by atoms with E-state index in [9.17, 15) is 18.8 Å². The normalized spacial score (nSPS) is 11.8. The van der Waals surface area contributed by atoms with Crippen molar-refractivity contribution in [2.45, 2.75) is 12.5 Å². The van der Waals surface area contributed by atoms with Gasteiger partial charge < -0.3 is 10.4 Å². The van der Waals surface area contributed by atoms with Crippen LogP contribution < -0.4 is 10.9 Å². The van der Waals surface area contributed by atoms with Crippen LogP contribution >= 0.6 is 11.6 Å². The Hall–Kier alpha value is -3.39. The highest BCUT2D eigenvalue weighted by molar-refractivity contribution is 6.30. The Kier molecular flexibility index (Phi) is 5.60. The Balaban J connectivity index is 1.87. The molecule has 1 heterocycles. The van der Waals surface area contributed by atoms with Crippen LogP contribution in [-0.2, 0) is 4.79 Å². The predicted octanol–water partition coefficient (Wildman–Crippen LogP) is 2.90. The van der Waals surface area contributed by atoms with Gasteiger partial charge >= 0.3 is 5.97 Å². The number of nitrogens with zero attached hydrogens (tertiary/aromatic N) is 1. The minimum Gasteiger partial charge on any atom is -0.481 e. The molecular formula is C19H15ClFN3O4. The molecule has 3 rings (SSSR count). The van der Waals surface area contributed by atoms with Crippen molar-refractivity contribution in [3.8, 4) is 5.69 Å². The highest BCUT2D eigenvalue weighted by atomic mass is 35.5. The number of aromatic nitrogens is 2. The molecule has 0 spiro atoms. The fourth-order valence-corrected chi connectivity index (χ4v) is 2.90. The number of benzene rings is 2. The number of hydrogen-bond donors (Lipinski definition) is 3. The van der Waals surface area contributed by atoms with Crippen molar-refractivity contribution in [3.63, 3.8) is 0 Å². The molecule has 1 atom stereocenters. The lowest BCUT2D eigenvalue weighted by molar-refractivity contribution is -0.137. The van der Waals surface area contributed by atoms with Gasteiger partial charge in [-0.2, -0.15) is 0 Å². The van der Waals surface area contributed by atoms with Crippen molar-refractivity contribution in [1.29, 1.82) is 0 Å². The van der Waals surface area contributed by atoms with Crippen LogP contribution in [0.15, 0.2) is 59.4 Å². The van der Waals surface area contributed by atoms with E-state index in [4.69, 9.17) is 16.7 Å². The average molecular weight is 404 g/mol. The topological polar surface area (TPSA) is 104 Å². The van der Waals surface area contributed by atoms with Gasteiger partial charge in [0, 0.05) is 11.1 Å². The third-order valence-corrected chi connectivity index (χ3v) is 4.20. The van der Waals surface area contributed by atoms with E-state index in [1.165, 1.54) is 18.2 Å². The summed E-state index contributed by atoms with van der Waals surface area (Å²) in [6, 6.07) is 12.0. The average Bonchev–Trinajstić information content (AvgIpc) is 3.03. The number of carboxylic acid groups (broad SMARTS) is 1. The molecule has 1 amide bonds. The Morgan fingerprint density at radius 3 is 2.61 bits per heavy atom. The summed E-state index contributed by atoms with van der Waals surface area (Å²) in [6.45, 7) is 0. The second kappa shape index (κ2) is 8.10. The Morgan fingerprint density at radius 2 is 1.93 bits per heavy atom. The maximum Gasteiger partial charge on any atom is 0.305 e. The summed E-state index contributed by atoms with van der Waals surface area (Å²) in [6.07, 6.45) is -0.374. The van der Waals surface area contributed by atoms with E-state index in [1.807, 2.05) is 0 Å². The minimum atomic E-state index is -1.11. The SMILES string of the molecule is O=C(O)CC(NC(=O)c1cc(=O)n(-c2cccc(F)c2)[nH]1)c1cccc(Cl)c1. The van der Waals surface area contributed by atoms with Gasteiger partial charge in [-0.25, -0.2) is 9.07 Å². The van der Waals surface area contributed by atoms with Gasteiger partial charge in [0.2, 0.25) is 0 Å². The van der Waals surface area contributed by atoms with Crippen LogP contribution in [0.5, 0.6) is 0 Å². The van der Waals surface area contributed by atoms with Crippen molar-refractivity contribution < 1.29 is 19.1 Å². The maximum atomic E-state index is 13.4. The third kappa shape index (κ3) is 4.47. The predicted molar refractivity (Wildman–Crippen MR) is 100 cm³/mol. The number of carbonyl (C=O) groups excluding carboxylic acids is 1. The number of carbonyl (C=O) groups is 2. The molecule has 0 aliphatic carbocycles. The van der Waals surface area contributed by atoms with Gasteiger partial charge in [0.1, 0.15) is 11.5 Å². The number of aliphatic carboxylic acids is 1. The molecule has 0 fully saturated rings. The molecular weight excluding hydrogens is 389 g/mol. The molecule has 0 aliphatic heterocycles. The quantitative estimate of drug-likeness (QED) is 0.588. The van der Waals surface area contributed by atoms with Crippen LogP contribution in [0.1, 0.15) is 28.5 Å². The van der Waals surface area contributed by atoms with Crippen molar-refractivity contribution >= 4 is 23.5 Å². The smallest absolute Gasteiger partial charge is 0.305 e. The zero-order valence-electron chi connectivity index (χ0n) is 14.4. The van der Waals surface area contributed by atoms with Crippen LogP contribution in [0.3, 0.4) is 0 Å². The van der Waals surface area contributed by atoms with E-state index in [2.05, 4.69) is 10.4 Å². The molecule has 28 heavy (non-hydrogen) atoms. The fourth-order valence-electron chi connectivity index (χ4n) is 2.71. The molecule has 0 saturated carbocycles. The molecule has 9 heteroatoms. The lowest BCUT2D eigenvalue weighted by Crippen LogP contribution is -2.30. The molecule has 0 saturated heterocycles. The highest BCUT2D eigenvalue weighted by Gasteiger charge is 2.21. The monoisotopic (exact) mass is 403 g/mol. The summed E-state index contributed by atoms with van der Waals surface area (Å²) in [5.41, 5.74) is 0.0797. The first-order valence-corrected chi connectivity index (χ1v) is 8.57. The van der Waals surface area contributed by atoms with Gasteiger partial charge in [0.05, 0.1) is 18.2 Å². The molecule has 0 bridgehead atoms. The number of rotatable bonds is 6. The summed E-state index contributed by atoms with van der Waals surface area (Å²) in [4.78, 5) is 35.9. The molecule has 3 N–H and O–H groups in total. The van der Waals surface area contributed by atoms with Gasteiger partial charge in [-0.15, -0.1) is 0 Å². The minimum absolute atomic E-state index is 0.0910. The van der Waals surface area contributed by atoms with E-state index in [0.29, 0.717) is 10.6 Å². The van der Waals surface area contributed by atoms with E-state index in [-0.39, 0.29) is 17.8 Å². The number of nitrogens with one attached hydrogen (secondary N) is 2. The van der Waals surface area contributed by atoms with Crippen molar-refractivity contribution in [2.24, 2.45) is 0 Å². The molecule has 7 nitrogen and oxygen atoms in total. The Labute approximate surface area is 163 Å². The van der Waals surface area contributed by atoms with E-state index < -0.39 is 29.3 Å². The molecule has 3 aromatic rings. The summed E-state index contributed by atoms with van der Waals surface area (Å²) >= 11 is 5.94. The Morgan fingerprint density at radius 1 is 1.18 bits per heavy atom. The van der Waals surface area contributed by atoms with Crippen molar-refractivity contribution in [2.75, 3.05) is 0 Å². The molecule has 0 radical (unpaired) electrons. The van der Waals surface area contributed by atoms with Crippen molar-refractivity contribution in [3.05, 3.63) is 87.0 Å². The summed E-state index contributed by atoms with van der Waals surface area (Å²) in [5, 5.41) is 14.7. The first-order valence-electron chi connectivity index (χ1n) is 8.19. The molecule has 2 aromatic carbocycles. The molecule has 1 unspecified atom stereocenters. The molecule has 1 aromatic heterocycles. The summed E-state index contributed by atoms with van der Waals surface area (Å²) in [5.74, 6) is -2.33. The molecule has 144 valence electrons. The van der Waals surface area contributed by atoms with Gasteiger partial charge in [-0.3, -0.25) is 19.5 Å². The molecule has 0 aliphatic rings. The van der Waals surface area contributed by atoms with E-state index in [0.717, 1.165) is 16.8 Å². The number of hydrogen-bond acceptors (Lipinski definition) is 3. The first kappa shape index (κ1) is 19.4. The van der Waals surface area contributed by atoms with Crippen LogP contribution in [0.2, 0.25) is 5.02 Å². The number of carboxylic acids is 1. The van der Waals surface area contributed by atoms with E-state index in [1.54, 1.807) is 24.3 Å². The highest BCUT2D eigenvalue weighted by Crippen LogP contribution is 2.21. The lowest BCUT2D eigenvalue weighted by atomic mass is 10.0. The standard InChI is InChI=1S/C19H15ClFN3O4/c20-12-4-1-3-11(7-12)15(10-18(26)27)22-19(28)16-9-17(25)24(23-16)14-6-2-5-13(21)8-14/h1-9,15,23H,10H2,(H,22,28)(H,26,27). The van der Waals surface area contributed by atoms with Gasteiger partial charge in [-0.1, -0.05) is 29.8 Å². The fraction of sp³-hybridized carbons (Fsp3) is 0.105.